The molecule has 1 aromatic heterocycles. The molecule has 29 heavy (non-hydrogen) atoms. The SMILES string of the molecule is CCc1ccc2nc(NC(=O)c3cc([N+](=O)[O-])ccc3N3CCOCC3)sc2c1. The Morgan fingerprint density at radius 1 is 1.28 bits per heavy atom. The van der Waals surface area contributed by atoms with Crippen LogP contribution >= 0.6 is 11.3 Å². The second-order valence-electron chi connectivity index (χ2n) is 6.69. The summed E-state index contributed by atoms with van der Waals surface area (Å²) in [5, 5.41) is 14.5. The summed E-state index contributed by atoms with van der Waals surface area (Å²) in [6.07, 6.45) is 0.923. The van der Waals surface area contributed by atoms with Gasteiger partial charge in [-0.05, 0) is 30.2 Å². The van der Waals surface area contributed by atoms with Crippen LogP contribution in [0.2, 0.25) is 0 Å². The molecule has 2 heterocycles. The fourth-order valence-electron chi connectivity index (χ4n) is 3.31. The average Bonchev–Trinajstić information content (AvgIpc) is 3.15. The summed E-state index contributed by atoms with van der Waals surface area (Å²) in [7, 11) is 0. The van der Waals surface area contributed by atoms with Crippen LogP contribution in [0.3, 0.4) is 0 Å². The molecule has 3 aromatic rings. The Balaban J connectivity index is 1.66. The highest BCUT2D eigenvalue weighted by molar-refractivity contribution is 7.22. The molecule has 2 aromatic carbocycles. The van der Waals surface area contributed by atoms with Crippen LogP contribution in [0.25, 0.3) is 10.2 Å². The van der Waals surface area contributed by atoms with E-state index in [0.29, 0.717) is 37.1 Å². The lowest BCUT2D eigenvalue weighted by Crippen LogP contribution is -2.37. The standard InChI is InChI=1S/C20H20N4O4S/c1-2-13-3-5-16-18(11-13)29-20(21-16)22-19(25)15-12-14(24(26)27)4-6-17(15)23-7-9-28-10-8-23/h3-6,11-12H,2,7-10H2,1H3,(H,21,22,25). The number of thiazole rings is 1. The highest BCUT2D eigenvalue weighted by Crippen LogP contribution is 2.30. The number of carbonyl (C=O) groups is 1. The first-order chi connectivity index (χ1) is 14.0. The molecule has 0 spiro atoms. The van der Waals surface area contributed by atoms with Gasteiger partial charge in [-0.15, -0.1) is 0 Å². The number of non-ortho nitro benzene ring substituents is 1. The van der Waals surface area contributed by atoms with Crippen LogP contribution in [0.5, 0.6) is 0 Å². The van der Waals surface area contributed by atoms with Gasteiger partial charge in [0.05, 0.1) is 39.6 Å². The minimum atomic E-state index is -0.496. The summed E-state index contributed by atoms with van der Waals surface area (Å²) in [4.78, 5) is 30.2. The minimum Gasteiger partial charge on any atom is -0.378 e. The quantitative estimate of drug-likeness (QED) is 0.505. The average molecular weight is 412 g/mol. The number of nitro benzene ring substituents is 1. The largest absolute Gasteiger partial charge is 0.378 e. The smallest absolute Gasteiger partial charge is 0.270 e. The zero-order valence-electron chi connectivity index (χ0n) is 15.9. The van der Waals surface area contributed by atoms with E-state index in [-0.39, 0.29) is 11.3 Å². The zero-order chi connectivity index (χ0) is 20.4. The van der Waals surface area contributed by atoms with Crippen molar-refractivity contribution in [3.05, 3.63) is 57.6 Å². The van der Waals surface area contributed by atoms with Gasteiger partial charge in [0, 0.05) is 25.2 Å². The van der Waals surface area contributed by atoms with Crippen molar-refractivity contribution >= 4 is 44.0 Å². The molecule has 1 N–H and O–H groups in total. The van der Waals surface area contributed by atoms with Crippen molar-refractivity contribution in [3.63, 3.8) is 0 Å². The number of aromatic nitrogens is 1. The summed E-state index contributed by atoms with van der Waals surface area (Å²) < 4.78 is 6.37. The molecule has 1 fully saturated rings. The molecule has 1 aliphatic rings. The maximum absolute atomic E-state index is 13.0. The van der Waals surface area contributed by atoms with E-state index in [1.807, 2.05) is 17.0 Å². The van der Waals surface area contributed by atoms with Crippen molar-refractivity contribution in [2.24, 2.45) is 0 Å². The predicted octanol–water partition coefficient (Wildman–Crippen LogP) is 3.86. The number of anilines is 2. The molecule has 1 saturated heterocycles. The number of amides is 1. The molecule has 1 aliphatic heterocycles. The number of hydrogen-bond donors (Lipinski definition) is 1. The van der Waals surface area contributed by atoms with Crippen molar-refractivity contribution in [2.75, 3.05) is 36.5 Å². The number of ether oxygens (including phenoxy) is 1. The van der Waals surface area contributed by atoms with Gasteiger partial charge in [0.2, 0.25) is 0 Å². The lowest BCUT2D eigenvalue weighted by molar-refractivity contribution is -0.384. The van der Waals surface area contributed by atoms with Gasteiger partial charge < -0.3 is 9.64 Å². The Morgan fingerprint density at radius 2 is 2.07 bits per heavy atom. The molecule has 0 unspecified atom stereocenters. The van der Waals surface area contributed by atoms with Gasteiger partial charge in [0.1, 0.15) is 0 Å². The summed E-state index contributed by atoms with van der Waals surface area (Å²) in [6, 6.07) is 10.4. The van der Waals surface area contributed by atoms with Gasteiger partial charge in [-0.1, -0.05) is 24.3 Å². The lowest BCUT2D eigenvalue weighted by atomic mass is 10.1. The Bertz CT molecular complexity index is 1080. The first-order valence-electron chi connectivity index (χ1n) is 9.37. The van der Waals surface area contributed by atoms with Gasteiger partial charge in [-0.3, -0.25) is 20.2 Å². The van der Waals surface area contributed by atoms with Crippen LogP contribution < -0.4 is 10.2 Å². The minimum absolute atomic E-state index is 0.121. The van der Waals surface area contributed by atoms with Crippen LogP contribution in [0.15, 0.2) is 36.4 Å². The van der Waals surface area contributed by atoms with Gasteiger partial charge in [-0.2, -0.15) is 0 Å². The molecule has 1 amide bonds. The molecule has 0 saturated carbocycles. The topological polar surface area (TPSA) is 97.6 Å². The van der Waals surface area contributed by atoms with E-state index >= 15 is 0 Å². The molecule has 4 rings (SSSR count). The summed E-state index contributed by atoms with van der Waals surface area (Å²) in [6.45, 7) is 4.43. The Kier molecular flexibility index (Phi) is 5.41. The number of morpholine rings is 1. The third-order valence-corrected chi connectivity index (χ3v) is 5.80. The van der Waals surface area contributed by atoms with Gasteiger partial charge in [0.25, 0.3) is 11.6 Å². The van der Waals surface area contributed by atoms with E-state index in [1.165, 1.54) is 29.0 Å². The summed E-state index contributed by atoms with van der Waals surface area (Å²) >= 11 is 1.39. The lowest BCUT2D eigenvalue weighted by Gasteiger charge is -2.30. The molecule has 0 atom stereocenters. The number of nitrogens with zero attached hydrogens (tertiary/aromatic N) is 3. The van der Waals surface area contributed by atoms with Crippen molar-refractivity contribution in [2.45, 2.75) is 13.3 Å². The predicted molar refractivity (Wildman–Crippen MR) is 113 cm³/mol. The summed E-state index contributed by atoms with van der Waals surface area (Å²) in [5.74, 6) is -0.412. The summed E-state index contributed by atoms with van der Waals surface area (Å²) in [5.41, 5.74) is 2.81. The second kappa shape index (κ2) is 8.14. The third-order valence-electron chi connectivity index (χ3n) is 4.87. The van der Waals surface area contributed by atoms with E-state index in [0.717, 1.165) is 16.6 Å². The number of hydrogen-bond acceptors (Lipinski definition) is 7. The Labute approximate surface area is 171 Å². The van der Waals surface area contributed by atoms with Crippen LogP contribution in [0.1, 0.15) is 22.8 Å². The maximum Gasteiger partial charge on any atom is 0.270 e. The highest BCUT2D eigenvalue weighted by atomic mass is 32.1. The van der Waals surface area contributed by atoms with Crippen LogP contribution in [-0.2, 0) is 11.2 Å². The molecule has 8 nitrogen and oxygen atoms in total. The molecule has 150 valence electrons. The fraction of sp³-hybridized carbons (Fsp3) is 0.300. The first-order valence-corrected chi connectivity index (χ1v) is 10.2. The van der Waals surface area contributed by atoms with E-state index in [1.54, 1.807) is 6.07 Å². The van der Waals surface area contributed by atoms with Crippen molar-refractivity contribution in [1.82, 2.24) is 4.98 Å². The molecule has 0 radical (unpaired) electrons. The van der Waals surface area contributed by atoms with E-state index < -0.39 is 10.8 Å². The highest BCUT2D eigenvalue weighted by Gasteiger charge is 2.23. The monoisotopic (exact) mass is 412 g/mol. The fourth-order valence-corrected chi connectivity index (χ4v) is 4.23. The van der Waals surface area contributed by atoms with Crippen molar-refractivity contribution in [3.8, 4) is 0 Å². The second-order valence-corrected chi connectivity index (χ2v) is 7.72. The molecular formula is C20H20N4O4S. The van der Waals surface area contributed by atoms with Gasteiger partial charge >= 0.3 is 0 Å². The molecule has 0 aliphatic carbocycles. The number of rotatable bonds is 5. The van der Waals surface area contributed by atoms with Crippen molar-refractivity contribution < 1.29 is 14.5 Å². The normalized spacial score (nSPS) is 14.2. The van der Waals surface area contributed by atoms with Gasteiger partial charge in [0.15, 0.2) is 5.13 Å². The van der Waals surface area contributed by atoms with E-state index in [2.05, 4.69) is 23.3 Å². The number of carbonyl (C=O) groups excluding carboxylic acids is 1. The number of aryl methyl sites for hydroxylation is 1. The molecular weight excluding hydrogens is 392 g/mol. The first kappa shape index (κ1) is 19.3. The molecule has 0 bridgehead atoms. The Morgan fingerprint density at radius 3 is 2.79 bits per heavy atom. The number of fused-ring (bicyclic) bond motifs is 1. The molecule has 9 heteroatoms. The van der Waals surface area contributed by atoms with Crippen molar-refractivity contribution in [1.29, 1.82) is 0 Å². The maximum atomic E-state index is 13.0. The van der Waals surface area contributed by atoms with Gasteiger partial charge in [-0.25, -0.2) is 4.98 Å². The number of nitro groups is 1. The zero-order valence-corrected chi connectivity index (χ0v) is 16.7. The number of benzene rings is 2. The Hall–Kier alpha value is -3.04. The number of nitrogens with one attached hydrogen (secondary N) is 1. The van der Waals surface area contributed by atoms with Crippen LogP contribution in [-0.4, -0.2) is 42.1 Å². The van der Waals surface area contributed by atoms with Crippen LogP contribution in [0.4, 0.5) is 16.5 Å². The van der Waals surface area contributed by atoms with Crippen LogP contribution in [0, 0.1) is 10.1 Å². The van der Waals surface area contributed by atoms with E-state index in [9.17, 15) is 14.9 Å². The third kappa shape index (κ3) is 4.06. The van der Waals surface area contributed by atoms with E-state index in [4.69, 9.17) is 4.74 Å².